The van der Waals surface area contributed by atoms with Crippen molar-refractivity contribution in [2.45, 2.75) is 4.90 Å². The Kier molecular flexibility index (Phi) is 7.34. The van der Waals surface area contributed by atoms with E-state index >= 15 is 0 Å². The smallest absolute Gasteiger partial charge is 0.342 e. The molecule has 0 bridgehead atoms. The number of rotatable bonds is 9. The molecule has 1 rings (SSSR count). The van der Waals surface area contributed by atoms with Crippen molar-refractivity contribution in [2.75, 3.05) is 26.8 Å². The number of hydrogen-bond donors (Lipinski definition) is 1. The molecule has 1 aromatic rings. The van der Waals surface area contributed by atoms with Gasteiger partial charge in [0.05, 0.1) is 12.0 Å². The Morgan fingerprint density at radius 2 is 1.84 bits per heavy atom. The van der Waals surface area contributed by atoms with Crippen LogP contribution in [0.15, 0.2) is 48.4 Å². The molecule has 0 saturated heterocycles. The first-order valence-corrected chi connectivity index (χ1v) is 8.66. The minimum atomic E-state index is -4.00. The predicted octanol–water partition coefficient (Wildman–Crippen LogP) is 0.700. The molecule has 0 unspecified atom stereocenters. The highest BCUT2D eigenvalue weighted by Gasteiger charge is 2.20. The molecule has 0 atom stereocenters. The molecule has 25 heavy (non-hydrogen) atoms. The molecular weight excluding hydrogens is 348 g/mol. The minimum Gasteiger partial charge on any atom is -0.496 e. The van der Waals surface area contributed by atoms with Gasteiger partial charge in [-0.1, -0.05) is 12.2 Å². The Bertz CT molecular complexity index is 763. The molecule has 0 saturated carbocycles. The first-order valence-electron chi connectivity index (χ1n) is 7.12. The third kappa shape index (κ3) is 5.73. The summed E-state index contributed by atoms with van der Waals surface area (Å²) >= 11 is 0. The van der Waals surface area contributed by atoms with Gasteiger partial charge in [0.2, 0.25) is 10.0 Å². The molecule has 0 aliphatic heterocycles. The van der Waals surface area contributed by atoms with Crippen molar-refractivity contribution in [1.82, 2.24) is 4.90 Å². The van der Waals surface area contributed by atoms with E-state index in [1.165, 1.54) is 36.3 Å². The van der Waals surface area contributed by atoms with Gasteiger partial charge in [-0.3, -0.25) is 4.79 Å². The van der Waals surface area contributed by atoms with Gasteiger partial charge in [0.25, 0.3) is 5.91 Å². The summed E-state index contributed by atoms with van der Waals surface area (Å²) in [5.41, 5.74) is -0.152. The number of hydrogen-bond acceptors (Lipinski definition) is 6. The van der Waals surface area contributed by atoms with Gasteiger partial charge in [0.15, 0.2) is 6.61 Å². The average molecular weight is 368 g/mol. The lowest BCUT2D eigenvalue weighted by Crippen LogP contribution is -2.35. The van der Waals surface area contributed by atoms with Gasteiger partial charge in [0, 0.05) is 13.1 Å². The molecule has 8 nitrogen and oxygen atoms in total. The van der Waals surface area contributed by atoms with Gasteiger partial charge in [-0.15, -0.1) is 13.2 Å². The Balaban J connectivity index is 2.94. The maximum Gasteiger partial charge on any atom is 0.342 e. The molecule has 1 amide bonds. The Hall–Kier alpha value is -2.65. The number of ether oxygens (including phenoxy) is 2. The number of methoxy groups -OCH3 is 1. The first-order chi connectivity index (χ1) is 11.7. The van der Waals surface area contributed by atoms with E-state index in [2.05, 4.69) is 13.2 Å². The fraction of sp³-hybridized carbons (Fsp3) is 0.250. The van der Waals surface area contributed by atoms with Crippen LogP contribution in [-0.4, -0.2) is 52.0 Å². The van der Waals surface area contributed by atoms with Crippen LogP contribution in [0.5, 0.6) is 5.75 Å². The molecule has 0 aliphatic rings. The van der Waals surface area contributed by atoms with Crippen LogP contribution in [0.1, 0.15) is 10.4 Å². The van der Waals surface area contributed by atoms with Crippen LogP contribution in [0.2, 0.25) is 0 Å². The minimum absolute atomic E-state index is 0.0962. The third-order valence-electron chi connectivity index (χ3n) is 3.10. The molecule has 0 heterocycles. The molecule has 0 aliphatic carbocycles. The summed E-state index contributed by atoms with van der Waals surface area (Å²) in [6.07, 6.45) is 3.06. The summed E-state index contributed by atoms with van der Waals surface area (Å²) < 4.78 is 32.8. The largest absolute Gasteiger partial charge is 0.496 e. The maximum atomic E-state index is 12.2. The van der Waals surface area contributed by atoms with E-state index in [1.54, 1.807) is 0 Å². The van der Waals surface area contributed by atoms with Gasteiger partial charge in [-0.05, 0) is 18.2 Å². The zero-order valence-corrected chi connectivity index (χ0v) is 14.6. The second kappa shape index (κ2) is 9.00. The predicted molar refractivity (Wildman–Crippen MR) is 91.6 cm³/mol. The first kappa shape index (κ1) is 20.4. The lowest BCUT2D eigenvalue weighted by molar-refractivity contribution is -0.133. The highest BCUT2D eigenvalue weighted by atomic mass is 32.2. The van der Waals surface area contributed by atoms with Crippen LogP contribution in [0, 0.1) is 0 Å². The van der Waals surface area contributed by atoms with E-state index in [1.807, 2.05) is 0 Å². The molecule has 2 N–H and O–H groups in total. The molecular formula is C16H20N2O6S. The van der Waals surface area contributed by atoms with Crippen molar-refractivity contribution in [1.29, 1.82) is 0 Å². The number of nitrogens with two attached hydrogens (primary N) is 1. The zero-order valence-electron chi connectivity index (χ0n) is 13.8. The summed E-state index contributed by atoms with van der Waals surface area (Å²) in [6, 6.07) is 3.51. The third-order valence-corrected chi connectivity index (χ3v) is 4.01. The Morgan fingerprint density at radius 3 is 2.32 bits per heavy atom. The van der Waals surface area contributed by atoms with Gasteiger partial charge in [-0.2, -0.15) is 0 Å². The van der Waals surface area contributed by atoms with Crippen molar-refractivity contribution in [3.63, 3.8) is 0 Å². The number of carbonyl (C=O) groups excluding carboxylic acids is 2. The number of esters is 1. The molecule has 0 aromatic heterocycles. The number of sulfonamides is 1. The van der Waals surface area contributed by atoms with E-state index in [0.29, 0.717) is 0 Å². The number of amides is 1. The van der Waals surface area contributed by atoms with Crippen LogP contribution < -0.4 is 9.88 Å². The van der Waals surface area contributed by atoms with Crippen LogP contribution >= 0.6 is 0 Å². The maximum absolute atomic E-state index is 12.2. The monoisotopic (exact) mass is 368 g/mol. The fourth-order valence-corrected chi connectivity index (χ4v) is 2.45. The standard InChI is InChI=1S/C16H20N2O6S/c1-4-8-18(9-5-2)15(19)11-24-16(20)13-10-12(25(17,21)22)6-7-14(13)23-3/h4-7,10H,1-2,8-9,11H2,3H3,(H2,17,21,22). The van der Waals surface area contributed by atoms with E-state index in [4.69, 9.17) is 14.6 Å². The normalized spacial score (nSPS) is 10.6. The molecule has 1 aromatic carbocycles. The summed E-state index contributed by atoms with van der Waals surface area (Å²) in [5, 5.41) is 5.05. The van der Waals surface area contributed by atoms with E-state index in [0.717, 1.165) is 6.07 Å². The van der Waals surface area contributed by atoms with Gasteiger partial charge < -0.3 is 14.4 Å². The van der Waals surface area contributed by atoms with Crippen LogP contribution in [0.25, 0.3) is 0 Å². The van der Waals surface area contributed by atoms with E-state index in [9.17, 15) is 18.0 Å². The lowest BCUT2D eigenvalue weighted by Gasteiger charge is -2.19. The Labute approximate surface area is 146 Å². The SMILES string of the molecule is C=CCN(CC=C)C(=O)COC(=O)c1cc(S(N)(=O)=O)ccc1OC. The topological polar surface area (TPSA) is 116 Å². The zero-order chi connectivity index (χ0) is 19.0. The highest BCUT2D eigenvalue weighted by Crippen LogP contribution is 2.22. The Morgan fingerprint density at radius 1 is 1.24 bits per heavy atom. The molecule has 136 valence electrons. The second-order valence-electron chi connectivity index (χ2n) is 4.86. The summed E-state index contributed by atoms with van der Waals surface area (Å²) in [7, 11) is -2.69. The van der Waals surface area contributed by atoms with Crippen molar-refractivity contribution >= 4 is 21.9 Å². The van der Waals surface area contributed by atoms with Gasteiger partial charge in [0.1, 0.15) is 11.3 Å². The van der Waals surface area contributed by atoms with Crippen LogP contribution in [0.4, 0.5) is 0 Å². The number of primary sulfonamides is 1. The highest BCUT2D eigenvalue weighted by molar-refractivity contribution is 7.89. The fourth-order valence-electron chi connectivity index (χ4n) is 1.91. The number of nitrogens with zero attached hydrogens (tertiary/aromatic N) is 1. The quantitative estimate of drug-likeness (QED) is 0.507. The second-order valence-corrected chi connectivity index (χ2v) is 6.42. The van der Waals surface area contributed by atoms with Gasteiger partial charge >= 0.3 is 5.97 Å². The van der Waals surface area contributed by atoms with Crippen molar-refractivity contribution in [3.05, 3.63) is 49.1 Å². The summed E-state index contributed by atoms with van der Waals surface area (Å²) in [4.78, 5) is 25.4. The summed E-state index contributed by atoms with van der Waals surface area (Å²) in [6.45, 7) is 7.10. The van der Waals surface area contributed by atoms with E-state index in [-0.39, 0.29) is 29.3 Å². The number of carbonyl (C=O) groups is 2. The summed E-state index contributed by atoms with van der Waals surface area (Å²) in [5.74, 6) is -1.26. The van der Waals surface area contributed by atoms with Crippen molar-refractivity contribution in [2.24, 2.45) is 5.14 Å². The van der Waals surface area contributed by atoms with Gasteiger partial charge in [-0.25, -0.2) is 18.4 Å². The van der Waals surface area contributed by atoms with Crippen molar-refractivity contribution < 1.29 is 27.5 Å². The molecule has 9 heteroatoms. The average Bonchev–Trinajstić information content (AvgIpc) is 2.57. The van der Waals surface area contributed by atoms with Crippen LogP contribution in [0.3, 0.4) is 0 Å². The van der Waals surface area contributed by atoms with Crippen molar-refractivity contribution in [3.8, 4) is 5.75 Å². The van der Waals surface area contributed by atoms with E-state index < -0.39 is 28.5 Å². The molecule has 0 radical (unpaired) electrons. The van der Waals surface area contributed by atoms with Crippen LogP contribution in [-0.2, 0) is 19.6 Å². The molecule has 0 spiro atoms. The lowest BCUT2D eigenvalue weighted by atomic mass is 10.2. The molecule has 0 fully saturated rings. The number of benzene rings is 1.